The van der Waals surface area contributed by atoms with Crippen molar-refractivity contribution < 1.29 is 9.53 Å². The number of nitrogens with two attached hydrogens (primary N) is 1. The molecule has 0 aliphatic rings. The molecule has 0 saturated heterocycles. The molecule has 0 spiro atoms. The molecule has 1 amide bonds. The molecular weight excluding hydrogens is 276 g/mol. The number of aryl methyl sites for hydroxylation is 1. The van der Waals surface area contributed by atoms with Crippen LogP contribution in [-0.2, 0) is 4.79 Å². The van der Waals surface area contributed by atoms with E-state index in [0.29, 0.717) is 11.4 Å². The van der Waals surface area contributed by atoms with E-state index in [4.69, 9.17) is 10.5 Å². The average molecular weight is 296 g/mol. The molecule has 22 heavy (non-hydrogen) atoms. The summed E-state index contributed by atoms with van der Waals surface area (Å²) in [5.74, 6) is 0.445. The van der Waals surface area contributed by atoms with E-state index in [0.717, 1.165) is 22.4 Å². The van der Waals surface area contributed by atoms with Crippen LogP contribution < -0.4 is 15.8 Å². The Morgan fingerprint density at radius 2 is 2.00 bits per heavy atom. The number of rotatable bonds is 4. The van der Waals surface area contributed by atoms with E-state index in [9.17, 15) is 4.79 Å². The van der Waals surface area contributed by atoms with Crippen LogP contribution in [-0.4, -0.2) is 13.0 Å². The summed E-state index contributed by atoms with van der Waals surface area (Å²) in [7, 11) is 1.57. The molecule has 4 heteroatoms. The standard InChI is InChI=1S/C18H20N2O2/c1-12-5-4-6-16(13(12)2)20-18(21)10-8-14-7-9-17(22-3)15(19)11-14/h4-11H,19H2,1-3H3,(H,20,21)/b10-8+. The lowest BCUT2D eigenvalue weighted by Crippen LogP contribution is -2.09. The summed E-state index contributed by atoms with van der Waals surface area (Å²) in [5, 5.41) is 2.88. The molecule has 4 nitrogen and oxygen atoms in total. The predicted molar refractivity (Wildman–Crippen MR) is 91.0 cm³/mol. The number of amides is 1. The number of nitrogens with one attached hydrogen (secondary N) is 1. The van der Waals surface area contributed by atoms with Crippen molar-refractivity contribution in [3.05, 3.63) is 59.2 Å². The van der Waals surface area contributed by atoms with Gasteiger partial charge in [-0.25, -0.2) is 0 Å². The van der Waals surface area contributed by atoms with Gasteiger partial charge in [0.1, 0.15) is 5.75 Å². The highest BCUT2D eigenvalue weighted by atomic mass is 16.5. The van der Waals surface area contributed by atoms with Gasteiger partial charge < -0.3 is 15.8 Å². The van der Waals surface area contributed by atoms with Gasteiger partial charge in [0, 0.05) is 11.8 Å². The van der Waals surface area contributed by atoms with E-state index in [2.05, 4.69) is 5.32 Å². The summed E-state index contributed by atoms with van der Waals surface area (Å²) in [6.45, 7) is 4.00. The molecule has 0 aromatic heterocycles. The largest absolute Gasteiger partial charge is 0.495 e. The first-order valence-electron chi connectivity index (χ1n) is 7.00. The molecule has 0 bridgehead atoms. The van der Waals surface area contributed by atoms with Crippen LogP contribution in [0, 0.1) is 13.8 Å². The summed E-state index contributed by atoms with van der Waals surface area (Å²) in [5.41, 5.74) is 10.3. The number of hydrogen-bond donors (Lipinski definition) is 2. The first-order valence-corrected chi connectivity index (χ1v) is 7.00. The zero-order valence-corrected chi connectivity index (χ0v) is 13.0. The second kappa shape index (κ2) is 6.80. The Morgan fingerprint density at radius 3 is 2.68 bits per heavy atom. The molecule has 0 radical (unpaired) electrons. The topological polar surface area (TPSA) is 64.3 Å². The minimum atomic E-state index is -0.178. The lowest BCUT2D eigenvalue weighted by atomic mass is 10.1. The third-order valence-corrected chi connectivity index (χ3v) is 3.54. The Balaban J connectivity index is 2.08. The molecule has 0 aliphatic carbocycles. The monoisotopic (exact) mass is 296 g/mol. The van der Waals surface area contributed by atoms with Crippen LogP contribution in [0.4, 0.5) is 11.4 Å². The molecule has 3 N–H and O–H groups in total. The Labute approximate surface area is 130 Å². The second-order valence-electron chi connectivity index (χ2n) is 5.07. The van der Waals surface area contributed by atoms with Gasteiger partial charge in [-0.1, -0.05) is 18.2 Å². The fourth-order valence-corrected chi connectivity index (χ4v) is 2.09. The zero-order valence-electron chi connectivity index (χ0n) is 13.0. The highest BCUT2D eigenvalue weighted by Crippen LogP contribution is 2.22. The van der Waals surface area contributed by atoms with Gasteiger partial charge in [-0.05, 0) is 54.8 Å². The Hall–Kier alpha value is -2.75. The number of ether oxygens (including phenoxy) is 1. The Bertz CT molecular complexity index is 721. The number of benzene rings is 2. The number of methoxy groups -OCH3 is 1. The first-order chi connectivity index (χ1) is 10.5. The lowest BCUT2D eigenvalue weighted by molar-refractivity contribution is -0.111. The van der Waals surface area contributed by atoms with Crippen LogP contribution in [0.3, 0.4) is 0 Å². The molecular formula is C18H20N2O2. The van der Waals surface area contributed by atoms with Gasteiger partial charge in [0.25, 0.3) is 0 Å². The Morgan fingerprint density at radius 1 is 1.23 bits per heavy atom. The predicted octanol–water partition coefficient (Wildman–Crippen LogP) is 3.55. The van der Waals surface area contributed by atoms with Crippen LogP contribution in [0.5, 0.6) is 5.75 Å². The van der Waals surface area contributed by atoms with Crippen molar-refractivity contribution in [1.29, 1.82) is 0 Å². The lowest BCUT2D eigenvalue weighted by Gasteiger charge is -2.08. The van der Waals surface area contributed by atoms with Crippen molar-refractivity contribution in [1.82, 2.24) is 0 Å². The van der Waals surface area contributed by atoms with Crippen molar-refractivity contribution >= 4 is 23.4 Å². The maximum atomic E-state index is 12.0. The van der Waals surface area contributed by atoms with Crippen molar-refractivity contribution in [2.75, 3.05) is 18.2 Å². The summed E-state index contributed by atoms with van der Waals surface area (Å²) in [6, 6.07) is 11.2. The summed E-state index contributed by atoms with van der Waals surface area (Å²) in [6.07, 6.45) is 3.21. The summed E-state index contributed by atoms with van der Waals surface area (Å²) in [4.78, 5) is 12.0. The van der Waals surface area contributed by atoms with Crippen LogP contribution in [0.1, 0.15) is 16.7 Å². The zero-order chi connectivity index (χ0) is 16.1. The first kappa shape index (κ1) is 15.6. The van der Waals surface area contributed by atoms with Crippen LogP contribution >= 0.6 is 0 Å². The van der Waals surface area contributed by atoms with Crippen molar-refractivity contribution in [3.63, 3.8) is 0 Å². The van der Waals surface area contributed by atoms with Gasteiger partial charge in [0.15, 0.2) is 0 Å². The fraction of sp³-hybridized carbons (Fsp3) is 0.167. The van der Waals surface area contributed by atoms with E-state index in [1.807, 2.05) is 38.1 Å². The van der Waals surface area contributed by atoms with Gasteiger partial charge in [0.05, 0.1) is 12.8 Å². The molecule has 2 rings (SSSR count). The maximum absolute atomic E-state index is 12.0. The van der Waals surface area contributed by atoms with E-state index in [-0.39, 0.29) is 5.91 Å². The van der Waals surface area contributed by atoms with Crippen molar-refractivity contribution in [2.45, 2.75) is 13.8 Å². The quantitative estimate of drug-likeness (QED) is 0.670. The van der Waals surface area contributed by atoms with Crippen LogP contribution in [0.15, 0.2) is 42.5 Å². The number of nitrogen functional groups attached to an aromatic ring is 1. The van der Waals surface area contributed by atoms with Gasteiger partial charge in [-0.2, -0.15) is 0 Å². The summed E-state index contributed by atoms with van der Waals surface area (Å²) >= 11 is 0. The maximum Gasteiger partial charge on any atom is 0.248 e. The summed E-state index contributed by atoms with van der Waals surface area (Å²) < 4.78 is 5.10. The fourth-order valence-electron chi connectivity index (χ4n) is 2.09. The van der Waals surface area contributed by atoms with Gasteiger partial charge in [-0.3, -0.25) is 4.79 Å². The molecule has 114 valence electrons. The van der Waals surface area contributed by atoms with E-state index >= 15 is 0 Å². The minimum absolute atomic E-state index is 0.178. The Kier molecular flexibility index (Phi) is 4.84. The second-order valence-corrected chi connectivity index (χ2v) is 5.07. The molecule has 0 heterocycles. The van der Waals surface area contributed by atoms with Gasteiger partial charge >= 0.3 is 0 Å². The van der Waals surface area contributed by atoms with Crippen LogP contribution in [0.2, 0.25) is 0 Å². The molecule has 0 aliphatic heterocycles. The number of hydrogen-bond acceptors (Lipinski definition) is 3. The normalized spacial score (nSPS) is 10.7. The SMILES string of the molecule is COc1ccc(/C=C/C(=O)Nc2cccc(C)c2C)cc1N. The average Bonchev–Trinajstić information content (AvgIpc) is 2.50. The van der Waals surface area contributed by atoms with E-state index in [1.54, 1.807) is 25.3 Å². The van der Waals surface area contributed by atoms with Gasteiger partial charge in [-0.15, -0.1) is 0 Å². The molecule has 0 unspecified atom stereocenters. The van der Waals surface area contributed by atoms with Crippen LogP contribution in [0.25, 0.3) is 6.08 Å². The van der Waals surface area contributed by atoms with E-state index in [1.165, 1.54) is 6.08 Å². The third-order valence-electron chi connectivity index (χ3n) is 3.54. The van der Waals surface area contributed by atoms with Crippen molar-refractivity contribution in [3.8, 4) is 5.75 Å². The molecule has 0 atom stereocenters. The third kappa shape index (κ3) is 3.67. The molecule has 0 fully saturated rings. The molecule has 2 aromatic carbocycles. The minimum Gasteiger partial charge on any atom is -0.495 e. The van der Waals surface area contributed by atoms with E-state index < -0.39 is 0 Å². The van der Waals surface area contributed by atoms with Crippen molar-refractivity contribution in [2.24, 2.45) is 0 Å². The molecule has 0 saturated carbocycles. The molecule has 2 aromatic rings. The smallest absolute Gasteiger partial charge is 0.248 e. The highest BCUT2D eigenvalue weighted by molar-refractivity contribution is 6.02. The van der Waals surface area contributed by atoms with Gasteiger partial charge in [0.2, 0.25) is 5.91 Å². The highest BCUT2D eigenvalue weighted by Gasteiger charge is 2.03. The number of carbonyl (C=O) groups is 1. The number of carbonyl (C=O) groups excluding carboxylic acids is 1. The number of anilines is 2.